The maximum atomic E-state index is 9.60. The van der Waals surface area contributed by atoms with Crippen molar-refractivity contribution in [1.29, 1.82) is 0 Å². The van der Waals surface area contributed by atoms with Crippen molar-refractivity contribution in [2.75, 3.05) is 6.54 Å². The van der Waals surface area contributed by atoms with Gasteiger partial charge in [0.05, 0.1) is 0 Å². The normalized spacial score (nSPS) is 12.3. The number of hydrogen-bond donors (Lipinski definition) is 2. The molecule has 0 saturated carbocycles. The van der Waals surface area contributed by atoms with Crippen LogP contribution in [0.25, 0.3) is 0 Å². The summed E-state index contributed by atoms with van der Waals surface area (Å²) in [5, 5.41) is 0. The van der Waals surface area contributed by atoms with Crippen LogP contribution in [0.4, 0.5) is 0 Å². The maximum Gasteiger partial charge on any atom is 1.00 e. The van der Waals surface area contributed by atoms with Crippen molar-refractivity contribution in [3.63, 3.8) is 0 Å². The van der Waals surface area contributed by atoms with Crippen LogP contribution in [0.1, 0.15) is 8.35 Å². The fourth-order valence-corrected chi connectivity index (χ4v) is 0.370. The summed E-state index contributed by atoms with van der Waals surface area (Å²) in [5.41, 5.74) is 0. The first-order valence-corrected chi connectivity index (χ1v) is 2.72. The molecule has 0 aromatic rings. The first-order chi connectivity index (χ1) is 2.77. The molecule has 40 valence electrons. The van der Waals surface area contributed by atoms with E-state index >= 15 is 0 Å². The quantitative estimate of drug-likeness (QED) is 0.309. The topological polar surface area (TPSA) is 49.3 Å². The van der Waals surface area contributed by atoms with Crippen molar-refractivity contribution in [1.82, 2.24) is 4.72 Å². The molecule has 0 aliphatic rings. The van der Waals surface area contributed by atoms with Crippen molar-refractivity contribution in [2.24, 2.45) is 0 Å². The van der Waals surface area contributed by atoms with Crippen LogP contribution >= 0.6 is 0 Å². The molecule has 7 heavy (non-hydrogen) atoms. The van der Waals surface area contributed by atoms with E-state index in [1.807, 2.05) is 0 Å². The molecule has 0 spiro atoms. The Labute approximate surface area is 69.1 Å². The molecule has 0 aromatic heterocycles. The van der Waals surface area contributed by atoms with Crippen molar-refractivity contribution in [3.05, 3.63) is 0 Å². The molecule has 1 unspecified atom stereocenters. The first-order valence-electron chi connectivity index (χ1n) is 1.61. The van der Waals surface area contributed by atoms with Crippen LogP contribution in [0.2, 0.25) is 0 Å². The van der Waals surface area contributed by atoms with E-state index in [0.717, 1.165) is 0 Å². The minimum absolute atomic E-state index is 0. The third kappa shape index (κ3) is 11.0. The van der Waals surface area contributed by atoms with Gasteiger partial charge >= 0.3 is 29.6 Å². The summed E-state index contributed by atoms with van der Waals surface area (Å²) in [4.78, 5) is 0. The van der Waals surface area contributed by atoms with Gasteiger partial charge < -0.3 is 1.43 Å². The van der Waals surface area contributed by atoms with Gasteiger partial charge in [0.2, 0.25) is 11.3 Å². The van der Waals surface area contributed by atoms with Crippen molar-refractivity contribution < 1.29 is 39.7 Å². The van der Waals surface area contributed by atoms with Gasteiger partial charge in [0, 0.05) is 6.54 Å². The Hall–Kier alpha value is 1.07. The van der Waals surface area contributed by atoms with Crippen LogP contribution in [-0.4, -0.2) is 15.3 Å². The van der Waals surface area contributed by atoms with Crippen LogP contribution in [0.3, 0.4) is 0 Å². The summed E-state index contributed by atoms with van der Waals surface area (Å²) in [6.45, 7) is 2.29. The predicted octanol–water partition coefficient (Wildman–Crippen LogP) is -3.15. The molecule has 5 heteroatoms. The van der Waals surface area contributed by atoms with Gasteiger partial charge in [-0.15, -0.1) is 0 Å². The molecule has 0 radical (unpaired) electrons. The van der Waals surface area contributed by atoms with E-state index in [-0.39, 0.29) is 31.0 Å². The maximum absolute atomic E-state index is 9.60. The number of nitrogens with one attached hydrogen (secondary N) is 1. The van der Waals surface area contributed by atoms with Crippen molar-refractivity contribution in [2.45, 2.75) is 6.92 Å². The van der Waals surface area contributed by atoms with Crippen LogP contribution in [0.5, 0.6) is 0 Å². The van der Waals surface area contributed by atoms with Gasteiger partial charge in [-0.05, 0) is 0 Å². The van der Waals surface area contributed by atoms with Crippen LogP contribution < -0.4 is 34.3 Å². The fraction of sp³-hybridized carbons (Fsp3) is 1.00. The minimum atomic E-state index is -1.82. The van der Waals surface area contributed by atoms with E-state index in [1.54, 1.807) is 6.92 Å². The number of hydrogen-bond acceptors (Lipinski definition) is 1. The third-order valence-corrected chi connectivity index (χ3v) is 0.803. The molecule has 0 saturated heterocycles. The van der Waals surface area contributed by atoms with E-state index in [9.17, 15) is 4.21 Å². The van der Waals surface area contributed by atoms with E-state index < -0.39 is 11.3 Å². The largest absolute Gasteiger partial charge is 1.00 e. The second kappa shape index (κ2) is 7.07. The summed E-state index contributed by atoms with van der Waals surface area (Å²) in [5.74, 6) is 0. The molecule has 3 nitrogen and oxygen atoms in total. The second-order valence-corrected chi connectivity index (χ2v) is 1.53. The summed E-state index contributed by atoms with van der Waals surface area (Å²) in [6.07, 6.45) is 0. The Morgan fingerprint density at radius 3 is 2.43 bits per heavy atom. The first kappa shape index (κ1) is 10.9. The summed E-state index contributed by atoms with van der Waals surface area (Å²) < 4.78 is 19.7. The monoisotopic (exact) mass is 133 g/mol. The molecular formula is C2H8NNaO2S. The standard InChI is InChI=1S/C2H7NO2S.Na.H/c1-2-3-6(4)5;;/h3H,2H2,1H3,(H,4,5);;/q;+1;-1. The fourth-order valence-electron chi connectivity index (χ4n) is 0.123. The number of rotatable bonds is 2. The second-order valence-electron chi connectivity index (χ2n) is 0.747. The van der Waals surface area contributed by atoms with E-state index in [2.05, 4.69) is 4.72 Å². The van der Waals surface area contributed by atoms with E-state index in [0.29, 0.717) is 6.54 Å². The summed E-state index contributed by atoms with van der Waals surface area (Å²) in [6, 6.07) is 0. The van der Waals surface area contributed by atoms with Gasteiger partial charge in [-0.25, -0.2) is 8.93 Å². The molecule has 2 N–H and O–H groups in total. The van der Waals surface area contributed by atoms with Crippen LogP contribution in [-0.2, 0) is 11.3 Å². The van der Waals surface area contributed by atoms with Crippen LogP contribution in [0, 0.1) is 0 Å². The Balaban J connectivity index is -0.000000125. The van der Waals surface area contributed by atoms with Gasteiger partial charge in [0.1, 0.15) is 0 Å². The smallest absolute Gasteiger partial charge is 1.00 e. The minimum Gasteiger partial charge on any atom is -1.00 e. The van der Waals surface area contributed by atoms with Crippen molar-refractivity contribution in [3.8, 4) is 0 Å². The molecule has 0 bridgehead atoms. The van der Waals surface area contributed by atoms with E-state index in [4.69, 9.17) is 4.55 Å². The van der Waals surface area contributed by atoms with Crippen molar-refractivity contribution >= 4 is 11.3 Å². The van der Waals surface area contributed by atoms with Gasteiger partial charge in [0.25, 0.3) is 0 Å². The molecule has 0 fully saturated rings. The summed E-state index contributed by atoms with van der Waals surface area (Å²) >= 11 is -1.82. The zero-order chi connectivity index (χ0) is 4.99. The zero-order valence-electron chi connectivity index (χ0n) is 5.47. The Morgan fingerprint density at radius 1 is 2.00 bits per heavy atom. The summed E-state index contributed by atoms with van der Waals surface area (Å²) in [7, 11) is 0. The molecule has 0 aliphatic heterocycles. The molecule has 0 rings (SSSR count). The average molecular weight is 133 g/mol. The molecule has 0 aliphatic carbocycles. The molecular weight excluding hydrogens is 125 g/mol. The molecule has 1 atom stereocenters. The average Bonchev–Trinajstić information content (AvgIpc) is 1.35. The molecule has 0 aromatic carbocycles. The van der Waals surface area contributed by atoms with E-state index in [1.165, 1.54) is 0 Å². The Kier molecular flexibility index (Phi) is 11.1. The SMILES string of the molecule is CCNS(=O)O.[H-].[Na+]. The zero-order valence-corrected chi connectivity index (χ0v) is 7.29. The Bertz CT molecular complexity index is 64.0. The van der Waals surface area contributed by atoms with Gasteiger partial charge in [0.15, 0.2) is 0 Å². The van der Waals surface area contributed by atoms with Gasteiger partial charge in [-0.2, -0.15) is 0 Å². The predicted molar refractivity (Wildman–Crippen MR) is 25.6 cm³/mol. The Morgan fingerprint density at radius 2 is 2.43 bits per heavy atom. The van der Waals surface area contributed by atoms with Gasteiger partial charge in [-0.1, -0.05) is 6.92 Å². The molecule has 0 heterocycles. The van der Waals surface area contributed by atoms with Gasteiger partial charge in [-0.3, -0.25) is 4.55 Å². The van der Waals surface area contributed by atoms with Crippen LogP contribution in [0.15, 0.2) is 0 Å². The third-order valence-electron chi connectivity index (χ3n) is 0.268. The molecule has 0 amide bonds.